The molecule has 3 heteroatoms. The highest BCUT2D eigenvalue weighted by Gasteiger charge is 2.18. The predicted molar refractivity (Wildman–Crippen MR) is 67.8 cm³/mol. The summed E-state index contributed by atoms with van der Waals surface area (Å²) in [6.45, 7) is 1.89. The lowest BCUT2D eigenvalue weighted by atomic mass is 10.1. The molecule has 2 nitrogen and oxygen atoms in total. The molecule has 0 bridgehead atoms. The van der Waals surface area contributed by atoms with Crippen LogP contribution in [-0.4, -0.2) is 23.9 Å². The Bertz CT molecular complexity index is 326. The first-order valence-electron chi connectivity index (χ1n) is 5.68. The lowest BCUT2D eigenvalue weighted by Gasteiger charge is -2.14. The zero-order valence-electron chi connectivity index (χ0n) is 9.39. The first-order chi connectivity index (χ1) is 7.36. The molecule has 1 aromatic rings. The number of carbonyl (C=O) groups excluding carboxylic acids is 1. The van der Waals surface area contributed by atoms with Gasteiger partial charge in [-0.1, -0.05) is 30.3 Å². The second-order valence-electron chi connectivity index (χ2n) is 4.07. The Kier molecular flexibility index (Phi) is 5.33. The molecule has 0 aliphatic carbocycles. The summed E-state index contributed by atoms with van der Waals surface area (Å²) >= 11 is 0. The van der Waals surface area contributed by atoms with E-state index in [1.54, 1.807) is 0 Å². The topological polar surface area (TPSA) is 20.3 Å². The van der Waals surface area contributed by atoms with E-state index >= 15 is 0 Å². The highest BCUT2D eigenvalue weighted by Crippen LogP contribution is 2.11. The molecule has 0 atom stereocenters. The van der Waals surface area contributed by atoms with Crippen molar-refractivity contribution < 1.29 is 4.79 Å². The number of hydrogen-bond acceptors (Lipinski definition) is 1. The maximum atomic E-state index is 11.3. The molecule has 1 heterocycles. The van der Waals surface area contributed by atoms with Gasteiger partial charge in [0.25, 0.3) is 0 Å². The monoisotopic (exact) mass is 239 g/mol. The average Bonchev–Trinajstić information content (AvgIpc) is 2.66. The van der Waals surface area contributed by atoms with Crippen LogP contribution in [0.3, 0.4) is 0 Å². The summed E-state index contributed by atoms with van der Waals surface area (Å²) in [7, 11) is 0. The number of hydrogen-bond donors (Lipinski definition) is 0. The number of nitrogens with zero attached hydrogens (tertiary/aromatic N) is 1. The first-order valence-corrected chi connectivity index (χ1v) is 5.68. The molecule has 1 fully saturated rings. The van der Waals surface area contributed by atoms with Gasteiger partial charge >= 0.3 is 0 Å². The molecule has 88 valence electrons. The molecule has 0 N–H and O–H groups in total. The van der Waals surface area contributed by atoms with E-state index in [-0.39, 0.29) is 12.4 Å². The standard InChI is InChI=1S/C13H17NO.ClH/c15-13-9-5-11-14(13)10-4-8-12-6-2-1-3-7-12;/h1-3,6-7H,4-5,8-11H2;1H. The van der Waals surface area contributed by atoms with Crippen molar-refractivity contribution in [1.29, 1.82) is 0 Å². The zero-order valence-corrected chi connectivity index (χ0v) is 10.2. The minimum absolute atomic E-state index is 0. The van der Waals surface area contributed by atoms with Gasteiger partial charge in [-0.25, -0.2) is 0 Å². The van der Waals surface area contributed by atoms with Crippen LogP contribution in [0.25, 0.3) is 0 Å². The van der Waals surface area contributed by atoms with Crippen LogP contribution in [0, 0.1) is 0 Å². The lowest BCUT2D eigenvalue weighted by Crippen LogP contribution is -2.25. The Morgan fingerprint density at radius 2 is 1.94 bits per heavy atom. The van der Waals surface area contributed by atoms with Gasteiger partial charge in [-0.2, -0.15) is 0 Å². The molecular formula is C13H18ClNO. The summed E-state index contributed by atoms with van der Waals surface area (Å²) in [4.78, 5) is 13.3. The molecule has 0 unspecified atom stereocenters. The van der Waals surface area contributed by atoms with Crippen molar-refractivity contribution in [3.8, 4) is 0 Å². The molecule has 1 saturated heterocycles. The molecule has 1 amide bonds. The summed E-state index contributed by atoms with van der Waals surface area (Å²) in [5.41, 5.74) is 1.36. The van der Waals surface area contributed by atoms with E-state index in [1.807, 2.05) is 11.0 Å². The maximum Gasteiger partial charge on any atom is 0.222 e. The van der Waals surface area contributed by atoms with Gasteiger partial charge in [0, 0.05) is 19.5 Å². The molecule has 0 radical (unpaired) electrons. The van der Waals surface area contributed by atoms with Crippen LogP contribution in [0.1, 0.15) is 24.8 Å². The van der Waals surface area contributed by atoms with Crippen molar-refractivity contribution in [3.05, 3.63) is 35.9 Å². The van der Waals surface area contributed by atoms with Crippen LogP contribution >= 0.6 is 12.4 Å². The van der Waals surface area contributed by atoms with Crippen molar-refractivity contribution in [2.45, 2.75) is 25.7 Å². The Labute approximate surface area is 103 Å². The summed E-state index contributed by atoms with van der Waals surface area (Å²) in [6.07, 6.45) is 3.95. The van der Waals surface area contributed by atoms with E-state index in [0.29, 0.717) is 5.91 Å². The molecule has 1 aromatic carbocycles. The third-order valence-electron chi connectivity index (χ3n) is 2.91. The van der Waals surface area contributed by atoms with Crippen molar-refractivity contribution in [3.63, 3.8) is 0 Å². The first kappa shape index (κ1) is 13.0. The summed E-state index contributed by atoms with van der Waals surface area (Å²) in [6, 6.07) is 10.5. The van der Waals surface area contributed by atoms with Gasteiger partial charge in [0.15, 0.2) is 0 Å². The van der Waals surface area contributed by atoms with Crippen LogP contribution in [0.5, 0.6) is 0 Å². The molecular weight excluding hydrogens is 222 g/mol. The van der Waals surface area contributed by atoms with Crippen LogP contribution in [0.15, 0.2) is 30.3 Å². The number of amides is 1. The van der Waals surface area contributed by atoms with Gasteiger partial charge in [0.2, 0.25) is 5.91 Å². The van der Waals surface area contributed by atoms with E-state index in [0.717, 1.165) is 38.8 Å². The van der Waals surface area contributed by atoms with Gasteiger partial charge in [-0.05, 0) is 24.8 Å². The lowest BCUT2D eigenvalue weighted by molar-refractivity contribution is -0.127. The van der Waals surface area contributed by atoms with Crippen LogP contribution in [-0.2, 0) is 11.2 Å². The number of benzene rings is 1. The Hall–Kier alpha value is -1.02. The molecule has 16 heavy (non-hydrogen) atoms. The highest BCUT2D eigenvalue weighted by molar-refractivity contribution is 5.85. The molecule has 0 spiro atoms. The van der Waals surface area contributed by atoms with Crippen molar-refractivity contribution in [2.24, 2.45) is 0 Å². The number of rotatable bonds is 4. The van der Waals surface area contributed by atoms with Gasteiger partial charge in [0.05, 0.1) is 0 Å². The Balaban J connectivity index is 0.00000128. The number of halogens is 1. The maximum absolute atomic E-state index is 11.3. The van der Waals surface area contributed by atoms with Crippen LogP contribution < -0.4 is 0 Å². The SMILES string of the molecule is Cl.O=C1CCCN1CCCc1ccccc1. The van der Waals surface area contributed by atoms with Crippen molar-refractivity contribution in [1.82, 2.24) is 4.90 Å². The van der Waals surface area contributed by atoms with E-state index in [1.165, 1.54) is 5.56 Å². The fourth-order valence-electron chi connectivity index (χ4n) is 2.06. The van der Waals surface area contributed by atoms with Gasteiger partial charge in [-0.3, -0.25) is 4.79 Å². The second-order valence-corrected chi connectivity index (χ2v) is 4.07. The summed E-state index contributed by atoms with van der Waals surface area (Å²) < 4.78 is 0. The third-order valence-corrected chi connectivity index (χ3v) is 2.91. The number of likely N-dealkylation sites (tertiary alicyclic amines) is 1. The summed E-state index contributed by atoms with van der Waals surface area (Å²) in [5.74, 6) is 0.336. The molecule has 0 saturated carbocycles. The predicted octanol–water partition coefficient (Wildman–Crippen LogP) is 2.66. The van der Waals surface area contributed by atoms with E-state index in [2.05, 4.69) is 24.3 Å². The van der Waals surface area contributed by atoms with Crippen LogP contribution in [0.2, 0.25) is 0 Å². The fraction of sp³-hybridized carbons (Fsp3) is 0.462. The quantitative estimate of drug-likeness (QED) is 0.791. The van der Waals surface area contributed by atoms with E-state index < -0.39 is 0 Å². The van der Waals surface area contributed by atoms with Crippen molar-refractivity contribution >= 4 is 18.3 Å². The van der Waals surface area contributed by atoms with Crippen LogP contribution in [0.4, 0.5) is 0 Å². The highest BCUT2D eigenvalue weighted by atomic mass is 35.5. The summed E-state index contributed by atoms with van der Waals surface area (Å²) in [5, 5.41) is 0. The Morgan fingerprint density at radius 3 is 2.56 bits per heavy atom. The molecule has 1 aliphatic heterocycles. The largest absolute Gasteiger partial charge is 0.343 e. The Morgan fingerprint density at radius 1 is 1.19 bits per heavy atom. The minimum Gasteiger partial charge on any atom is -0.343 e. The zero-order chi connectivity index (χ0) is 10.5. The number of aryl methyl sites for hydroxylation is 1. The van der Waals surface area contributed by atoms with Gasteiger partial charge < -0.3 is 4.90 Å². The molecule has 2 rings (SSSR count). The number of carbonyl (C=O) groups is 1. The molecule has 0 aromatic heterocycles. The van der Waals surface area contributed by atoms with Crippen molar-refractivity contribution in [2.75, 3.05) is 13.1 Å². The van der Waals surface area contributed by atoms with Gasteiger partial charge in [-0.15, -0.1) is 12.4 Å². The smallest absolute Gasteiger partial charge is 0.222 e. The fourth-order valence-corrected chi connectivity index (χ4v) is 2.06. The van der Waals surface area contributed by atoms with E-state index in [4.69, 9.17) is 0 Å². The average molecular weight is 240 g/mol. The van der Waals surface area contributed by atoms with E-state index in [9.17, 15) is 4.79 Å². The minimum atomic E-state index is 0. The third kappa shape index (κ3) is 3.53. The second kappa shape index (κ2) is 6.54. The normalized spacial score (nSPS) is 15.0. The van der Waals surface area contributed by atoms with Gasteiger partial charge in [0.1, 0.15) is 0 Å². The molecule has 1 aliphatic rings.